The molecule has 1 aromatic rings. The minimum absolute atomic E-state index is 0.0238. The van der Waals surface area contributed by atoms with Gasteiger partial charge < -0.3 is 14.6 Å². The summed E-state index contributed by atoms with van der Waals surface area (Å²) in [4.78, 5) is 14.8. The quantitative estimate of drug-likeness (QED) is 0.868. The van der Waals surface area contributed by atoms with Crippen LogP contribution >= 0.6 is 0 Å². The third-order valence-electron chi connectivity index (χ3n) is 6.28. The molecule has 1 spiro atoms. The van der Waals surface area contributed by atoms with Crippen LogP contribution in [0.4, 0.5) is 0 Å². The highest BCUT2D eigenvalue weighted by atomic mass is 16.5. The monoisotopic (exact) mass is 331 g/mol. The molecular weight excluding hydrogens is 302 g/mol. The number of hydrogen-bond donors (Lipinski definition) is 1. The topological polar surface area (TPSA) is 46.5 Å². The van der Waals surface area contributed by atoms with E-state index in [1.165, 1.54) is 25.8 Å². The maximum absolute atomic E-state index is 12.2. The first-order valence-corrected chi connectivity index (χ1v) is 9.42. The van der Waals surface area contributed by atoms with Crippen molar-refractivity contribution in [2.24, 2.45) is 18.9 Å². The predicted octanol–water partition coefficient (Wildman–Crippen LogP) is 2.04. The molecule has 1 unspecified atom stereocenters. The third kappa shape index (κ3) is 3.00. The summed E-state index contributed by atoms with van der Waals surface area (Å²) in [5.74, 6) is 1.55. The van der Waals surface area contributed by atoms with E-state index in [9.17, 15) is 4.79 Å². The Labute approximate surface area is 144 Å². The molecule has 2 saturated heterocycles. The van der Waals surface area contributed by atoms with Crippen LogP contribution in [-0.4, -0.2) is 53.8 Å². The van der Waals surface area contributed by atoms with E-state index < -0.39 is 0 Å². The Morgan fingerprint density at radius 2 is 2.21 bits per heavy atom. The van der Waals surface area contributed by atoms with Crippen LogP contribution in [0.2, 0.25) is 0 Å². The van der Waals surface area contributed by atoms with E-state index in [-0.39, 0.29) is 11.5 Å². The second kappa shape index (κ2) is 6.52. The van der Waals surface area contributed by atoms with Gasteiger partial charge in [-0.25, -0.2) is 0 Å². The summed E-state index contributed by atoms with van der Waals surface area (Å²) in [7, 11) is 1.90. The molecule has 5 heteroatoms. The fourth-order valence-corrected chi connectivity index (χ4v) is 4.57. The molecule has 3 fully saturated rings. The fourth-order valence-electron chi connectivity index (χ4n) is 4.57. The predicted molar refractivity (Wildman–Crippen MR) is 92.9 cm³/mol. The first-order valence-electron chi connectivity index (χ1n) is 9.42. The van der Waals surface area contributed by atoms with Gasteiger partial charge in [-0.1, -0.05) is 6.42 Å². The summed E-state index contributed by atoms with van der Waals surface area (Å²) in [6.45, 7) is 5.08. The number of hydrogen-bond acceptors (Lipinski definition) is 3. The fraction of sp³-hybridized carbons (Fsp3) is 0.737. The van der Waals surface area contributed by atoms with Crippen molar-refractivity contribution in [2.45, 2.75) is 37.7 Å². The number of nitrogens with zero attached hydrogens (tertiary/aromatic N) is 2. The van der Waals surface area contributed by atoms with Gasteiger partial charge in [0, 0.05) is 46.0 Å². The van der Waals surface area contributed by atoms with E-state index >= 15 is 0 Å². The van der Waals surface area contributed by atoms with E-state index in [2.05, 4.69) is 10.2 Å². The maximum atomic E-state index is 12.2. The number of amides is 1. The summed E-state index contributed by atoms with van der Waals surface area (Å²) in [5.41, 5.74) is 0.808. The van der Waals surface area contributed by atoms with Crippen molar-refractivity contribution >= 4 is 5.91 Å². The number of carbonyl (C=O) groups excluding carboxylic acids is 1. The Morgan fingerprint density at radius 1 is 1.38 bits per heavy atom. The number of rotatable bonds is 6. The molecule has 0 radical (unpaired) electrons. The second-order valence-electron chi connectivity index (χ2n) is 7.91. The molecule has 1 saturated carbocycles. The van der Waals surface area contributed by atoms with Crippen LogP contribution in [0.3, 0.4) is 0 Å². The van der Waals surface area contributed by atoms with Gasteiger partial charge in [0.2, 0.25) is 0 Å². The Hall–Kier alpha value is -1.33. The summed E-state index contributed by atoms with van der Waals surface area (Å²) in [6.07, 6.45) is 8.31. The Morgan fingerprint density at radius 3 is 2.88 bits per heavy atom. The van der Waals surface area contributed by atoms with Crippen molar-refractivity contribution in [3.05, 3.63) is 24.0 Å². The van der Waals surface area contributed by atoms with E-state index in [4.69, 9.17) is 4.74 Å². The highest BCUT2D eigenvalue weighted by Gasteiger charge is 2.52. The zero-order valence-electron chi connectivity index (χ0n) is 14.7. The summed E-state index contributed by atoms with van der Waals surface area (Å²) >= 11 is 0. The minimum atomic E-state index is 0.0238. The molecular formula is C19H29N3O2. The van der Waals surface area contributed by atoms with Crippen LogP contribution in [0.15, 0.2) is 18.3 Å². The van der Waals surface area contributed by atoms with Gasteiger partial charge in [-0.2, -0.15) is 0 Å². The Bertz CT molecular complexity index is 587. The average Bonchev–Trinajstić information content (AvgIpc) is 3.08. The van der Waals surface area contributed by atoms with Crippen LogP contribution in [0.5, 0.6) is 0 Å². The lowest BCUT2D eigenvalue weighted by molar-refractivity contribution is -0.139. The summed E-state index contributed by atoms with van der Waals surface area (Å²) < 4.78 is 8.00. The van der Waals surface area contributed by atoms with Crippen LogP contribution in [0.25, 0.3) is 0 Å². The molecule has 0 aromatic carbocycles. The first-order chi connectivity index (χ1) is 11.7. The lowest BCUT2D eigenvalue weighted by Gasteiger charge is -2.52. The zero-order chi connectivity index (χ0) is 16.6. The standard InChI is InChI=1S/C19H29N3O2/c1-21-10-3-6-17(21)18(23)20-9-7-16-8-11-24-19(16)13-22(14-19)12-15-4-2-5-15/h3,6,10,15-16H,2,4-5,7-9,11-14H2,1H3,(H,20,23). The maximum Gasteiger partial charge on any atom is 0.267 e. The molecule has 1 N–H and O–H groups in total. The highest BCUT2D eigenvalue weighted by molar-refractivity contribution is 5.92. The Kier molecular flexibility index (Phi) is 4.39. The summed E-state index contributed by atoms with van der Waals surface area (Å²) in [5, 5.41) is 3.07. The highest BCUT2D eigenvalue weighted by Crippen LogP contribution is 2.42. The zero-order valence-corrected chi connectivity index (χ0v) is 14.7. The van der Waals surface area contributed by atoms with E-state index in [0.717, 1.165) is 50.7 Å². The van der Waals surface area contributed by atoms with Crippen molar-refractivity contribution in [1.82, 2.24) is 14.8 Å². The molecule has 3 aliphatic rings. The number of nitrogens with one attached hydrogen (secondary N) is 1. The molecule has 2 aliphatic heterocycles. The number of aryl methyl sites for hydroxylation is 1. The molecule has 3 heterocycles. The molecule has 4 rings (SSSR count). The van der Waals surface area contributed by atoms with Gasteiger partial charge in [-0.3, -0.25) is 9.69 Å². The van der Waals surface area contributed by atoms with Crippen molar-refractivity contribution in [1.29, 1.82) is 0 Å². The van der Waals surface area contributed by atoms with E-state index in [1.54, 1.807) is 0 Å². The average molecular weight is 331 g/mol. The SMILES string of the molecule is Cn1cccc1C(=O)NCCC1CCOC12CN(CC1CCC1)C2. The van der Waals surface area contributed by atoms with Crippen LogP contribution in [-0.2, 0) is 11.8 Å². The first kappa shape index (κ1) is 16.2. The third-order valence-corrected chi connectivity index (χ3v) is 6.28. The molecule has 1 atom stereocenters. The number of ether oxygens (including phenoxy) is 1. The van der Waals surface area contributed by atoms with Gasteiger partial charge in [0.05, 0.1) is 5.60 Å². The van der Waals surface area contributed by atoms with Crippen LogP contribution < -0.4 is 5.32 Å². The second-order valence-corrected chi connectivity index (χ2v) is 7.91. The van der Waals surface area contributed by atoms with Crippen LogP contribution in [0, 0.1) is 11.8 Å². The van der Waals surface area contributed by atoms with Crippen molar-refractivity contribution in [3.63, 3.8) is 0 Å². The molecule has 132 valence electrons. The largest absolute Gasteiger partial charge is 0.372 e. The van der Waals surface area contributed by atoms with Crippen LogP contribution in [0.1, 0.15) is 42.6 Å². The van der Waals surface area contributed by atoms with Crippen molar-refractivity contribution in [2.75, 3.05) is 32.8 Å². The van der Waals surface area contributed by atoms with Crippen molar-refractivity contribution < 1.29 is 9.53 Å². The van der Waals surface area contributed by atoms with E-state index in [0.29, 0.717) is 5.92 Å². The Balaban J connectivity index is 1.23. The van der Waals surface area contributed by atoms with Crippen molar-refractivity contribution in [3.8, 4) is 0 Å². The van der Waals surface area contributed by atoms with Gasteiger partial charge in [0.25, 0.3) is 5.91 Å². The van der Waals surface area contributed by atoms with Gasteiger partial charge in [-0.15, -0.1) is 0 Å². The lowest BCUT2D eigenvalue weighted by atomic mass is 9.77. The molecule has 5 nitrogen and oxygen atoms in total. The number of aromatic nitrogens is 1. The molecule has 24 heavy (non-hydrogen) atoms. The smallest absolute Gasteiger partial charge is 0.267 e. The number of carbonyl (C=O) groups is 1. The van der Waals surface area contributed by atoms with Gasteiger partial charge in [0.15, 0.2) is 0 Å². The van der Waals surface area contributed by atoms with E-state index in [1.807, 2.05) is 29.9 Å². The van der Waals surface area contributed by atoms with Gasteiger partial charge in [0.1, 0.15) is 5.69 Å². The molecule has 0 bridgehead atoms. The normalized spacial score (nSPS) is 26.3. The lowest BCUT2D eigenvalue weighted by Crippen LogP contribution is -2.65. The summed E-state index contributed by atoms with van der Waals surface area (Å²) in [6, 6.07) is 3.76. The molecule has 1 aromatic heterocycles. The minimum Gasteiger partial charge on any atom is -0.372 e. The molecule has 1 aliphatic carbocycles. The number of likely N-dealkylation sites (tertiary alicyclic amines) is 1. The molecule has 1 amide bonds. The van der Waals surface area contributed by atoms with Gasteiger partial charge in [-0.05, 0) is 49.7 Å². The van der Waals surface area contributed by atoms with Gasteiger partial charge >= 0.3 is 0 Å².